The zero-order valence-corrected chi connectivity index (χ0v) is 22.6. The Morgan fingerprint density at radius 2 is 1.62 bits per heavy atom. The lowest BCUT2D eigenvalue weighted by Gasteiger charge is -2.39. The van der Waals surface area contributed by atoms with Gasteiger partial charge in [-0.1, -0.05) is 30.3 Å². The molecule has 1 aliphatic rings. The van der Waals surface area contributed by atoms with Crippen LogP contribution in [0.5, 0.6) is 0 Å². The average molecular weight is 560 g/mol. The van der Waals surface area contributed by atoms with Crippen molar-refractivity contribution < 1.29 is 26.4 Å². The summed E-state index contributed by atoms with van der Waals surface area (Å²) in [6, 6.07) is 15.4. The summed E-state index contributed by atoms with van der Waals surface area (Å²) in [6.07, 6.45) is 1.59. The first-order chi connectivity index (χ1) is 18.5. The van der Waals surface area contributed by atoms with E-state index in [9.17, 15) is 26.4 Å². The number of amides is 1. The molecular weight excluding hydrogens is 527 g/mol. The summed E-state index contributed by atoms with van der Waals surface area (Å²) in [7, 11) is -3.46. The Labute approximate surface area is 227 Å². The van der Waals surface area contributed by atoms with E-state index in [0.29, 0.717) is 30.6 Å². The minimum Gasteiger partial charge on any atom is -0.326 e. The number of carbonyl (C=O) groups is 1. The molecule has 0 bridgehead atoms. The molecule has 3 aromatic rings. The molecular formula is C29H32F3N3O3S. The van der Waals surface area contributed by atoms with Gasteiger partial charge in [0.15, 0.2) is 0 Å². The Hall–Kier alpha value is -3.21. The molecule has 6 nitrogen and oxygen atoms in total. The van der Waals surface area contributed by atoms with Crippen molar-refractivity contribution in [1.29, 1.82) is 0 Å². The number of nitrogens with one attached hydrogen (secondary N) is 2. The second kappa shape index (κ2) is 12.3. The molecule has 1 heterocycles. The molecule has 2 N–H and O–H groups in total. The highest BCUT2D eigenvalue weighted by Crippen LogP contribution is 2.31. The Kier molecular flexibility index (Phi) is 9.09. The lowest BCUT2D eigenvalue weighted by molar-refractivity contribution is -0.116. The molecule has 2 unspecified atom stereocenters. The largest absolute Gasteiger partial charge is 0.326 e. The van der Waals surface area contributed by atoms with Crippen LogP contribution in [0, 0.1) is 17.5 Å². The van der Waals surface area contributed by atoms with Crippen LogP contribution >= 0.6 is 0 Å². The van der Waals surface area contributed by atoms with Gasteiger partial charge in [-0.25, -0.2) is 21.6 Å². The van der Waals surface area contributed by atoms with Gasteiger partial charge >= 0.3 is 0 Å². The van der Waals surface area contributed by atoms with E-state index in [0.717, 1.165) is 0 Å². The summed E-state index contributed by atoms with van der Waals surface area (Å²) in [5.74, 6) is -2.55. The molecule has 0 saturated carbocycles. The second-order valence-electron chi connectivity index (χ2n) is 9.97. The normalized spacial score (nSPS) is 18.3. The van der Waals surface area contributed by atoms with Crippen molar-refractivity contribution in [3.63, 3.8) is 0 Å². The van der Waals surface area contributed by atoms with E-state index in [2.05, 4.69) is 10.6 Å². The molecule has 39 heavy (non-hydrogen) atoms. The highest BCUT2D eigenvalue weighted by molar-refractivity contribution is 7.88. The Bertz CT molecular complexity index is 1390. The van der Waals surface area contributed by atoms with Crippen LogP contribution in [0.4, 0.5) is 18.9 Å². The monoisotopic (exact) mass is 559 g/mol. The molecule has 1 amide bonds. The molecule has 0 spiro atoms. The molecule has 2 atom stereocenters. The van der Waals surface area contributed by atoms with E-state index in [-0.39, 0.29) is 36.2 Å². The molecule has 1 aliphatic heterocycles. The zero-order valence-electron chi connectivity index (χ0n) is 21.8. The number of rotatable bonds is 9. The fourth-order valence-corrected chi connectivity index (χ4v) is 6.78. The highest BCUT2D eigenvalue weighted by atomic mass is 32.2. The number of sulfonamides is 1. The molecule has 208 valence electrons. The Morgan fingerprint density at radius 1 is 1.00 bits per heavy atom. The lowest BCUT2D eigenvalue weighted by Crippen LogP contribution is -2.58. The van der Waals surface area contributed by atoms with Crippen LogP contribution in [0.15, 0.2) is 66.7 Å². The SMILES string of the molecule is CC1CNCC(CCc2c(F)cccc2NC(=O)CC(c2cccc(F)c2)c2cccc(F)c2)N1S(C)(=O)=O. The van der Waals surface area contributed by atoms with Gasteiger partial charge in [0.05, 0.1) is 6.26 Å². The molecule has 4 rings (SSSR count). The molecule has 0 aromatic heterocycles. The van der Waals surface area contributed by atoms with Gasteiger partial charge in [0.25, 0.3) is 0 Å². The number of piperazine rings is 1. The van der Waals surface area contributed by atoms with Crippen LogP contribution in [0.3, 0.4) is 0 Å². The number of anilines is 1. The van der Waals surface area contributed by atoms with E-state index in [4.69, 9.17) is 0 Å². The topological polar surface area (TPSA) is 78.5 Å². The predicted octanol–water partition coefficient (Wildman–Crippen LogP) is 4.82. The van der Waals surface area contributed by atoms with Crippen LogP contribution in [0.1, 0.15) is 42.4 Å². The molecule has 0 aliphatic carbocycles. The quantitative estimate of drug-likeness (QED) is 0.394. The molecule has 1 saturated heterocycles. The van der Waals surface area contributed by atoms with Crippen molar-refractivity contribution in [2.24, 2.45) is 0 Å². The summed E-state index contributed by atoms with van der Waals surface area (Å²) in [5.41, 5.74) is 1.57. The maximum atomic E-state index is 15.0. The van der Waals surface area contributed by atoms with Gasteiger partial charge in [-0.15, -0.1) is 0 Å². The second-order valence-corrected chi connectivity index (χ2v) is 11.9. The van der Waals surface area contributed by atoms with Crippen molar-refractivity contribution in [3.8, 4) is 0 Å². The van der Waals surface area contributed by atoms with Crippen LogP contribution in [0.2, 0.25) is 0 Å². The minimum absolute atomic E-state index is 0.130. The van der Waals surface area contributed by atoms with Gasteiger partial charge in [0.2, 0.25) is 15.9 Å². The maximum Gasteiger partial charge on any atom is 0.225 e. The standard InChI is InChI=1S/C29H32F3N3O3S/c1-19-17-33-18-24(35(19)39(2,37)38)12-13-25-27(32)10-5-11-28(25)34-29(36)16-26(20-6-3-8-22(30)14-20)21-7-4-9-23(31)15-21/h3-11,14-15,19,24,26,33H,12-13,16-18H2,1-2H3,(H,34,36). The van der Waals surface area contributed by atoms with Gasteiger partial charge in [0.1, 0.15) is 17.5 Å². The molecule has 3 aromatic carbocycles. The van der Waals surface area contributed by atoms with Gasteiger partial charge in [-0.2, -0.15) is 4.31 Å². The summed E-state index contributed by atoms with van der Waals surface area (Å²) in [6.45, 7) is 2.79. The Morgan fingerprint density at radius 3 is 2.21 bits per heavy atom. The fourth-order valence-electron chi connectivity index (χ4n) is 5.33. The van der Waals surface area contributed by atoms with E-state index >= 15 is 0 Å². The van der Waals surface area contributed by atoms with E-state index in [1.807, 2.05) is 6.92 Å². The van der Waals surface area contributed by atoms with Gasteiger partial charge < -0.3 is 10.6 Å². The van der Waals surface area contributed by atoms with Gasteiger partial charge in [-0.3, -0.25) is 4.79 Å². The zero-order chi connectivity index (χ0) is 28.2. The first-order valence-electron chi connectivity index (χ1n) is 12.8. The van der Waals surface area contributed by atoms with Gasteiger partial charge in [-0.05, 0) is 67.3 Å². The predicted molar refractivity (Wildman–Crippen MR) is 145 cm³/mol. The lowest BCUT2D eigenvalue weighted by atomic mass is 9.88. The summed E-state index contributed by atoms with van der Waals surface area (Å²) in [4.78, 5) is 13.2. The van der Waals surface area contributed by atoms with E-state index in [1.54, 1.807) is 18.2 Å². The first kappa shape index (κ1) is 28.8. The number of hydrogen-bond donors (Lipinski definition) is 2. The summed E-state index contributed by atoms with van der Waals surface area (Å²) >= 11 is 0. The van der Waals surface area contributed by atoms with Crippen molar-refractivity contribution >= 4 is 21.6 Å². The number of benzene rings is 3. The third-order valence-electron chi connectivity index (χ3n) is 7.01. The minimum atomic E-state index is -3.46. The first-order valence-corrected chi connectivity index (χ1v) is 14.6. The van der Waals surface area contributed by atoms with E-state index < -0.39 is 39.3 Å². The average Bonchev–Trinajstić information content (AvgIpc) is 2.86. The summed E-state index contributed by atoms with van der Waals surface area (Å²) in [5, 5.41) is 6.00. The smallest absolute Gasteiger partial charge is 0.225 e. The Balaban J connectivity index is 1.54. The molecule has 10 heteroatoms. The third kappa shape index (κ3) is 7.26. The van der Waals surface area contributed by atoms with Crippen LogP contribution < -0.4 is 10.6 Å². The maximum absolute atomic E-state index is 15.0. The summed E-state index contributed by atoms with van der Waals surface area (Å²) < 4.78 is 69.2. The number of carbonyl (C=O) groups excluding carboxylic acids is 1. The van der Waals surface area contributed by atoms with Crippen molar-refractivity contribution in [3.05, 3.63) is 101 Å². The number of halogens is 3. The van der Waals surface area contributed by atoms with Crippen LogP contribution in [-0.2, 0) is 21.2 Å². The van der Waals surface area contributed by atoms with Crippen LogP contribution in [-0.4, -0.2) is 50.1 Å². The fraction of sp³-hybridized carbons (Fsp3) is 0.345. The highest BCUT2D eigenvalue weighted by Gasteiger charge is 2.34. The van der Waals surface area contributed by atoms with Crippen LogP contribution in [0.25, 0.3) is 0 Å². The third-order valence-corrected chi connectivity index (χ3v) is 8.43. The van der Waals surface area contributed by atoms with E-state index in [1.165, 1.54) is 59.1 Å². The van der Waals surface area contributed by atoms with Crippen molar-refractivity contribution in [2.45, 2.75) is 44.2 Å². The number of hydrogen-bond acceptors (Lipinski definition) is 4. The molecule has 0 radical (unpaired) electrons. The van der Waals surface area contributed by atoms with Crippen molar-refractivity contribution in [1.82, 2.24) is 9.62 Å². The van der Waals surface area contributed by atoms with Crippen molar-refractivity contribution in [2.75, 3.05) is 24.7 Å². The number of nitrogens with zero attached hydrogens (tertiary/aromatic N) is 1. The molecule has 1 fully saturated rings. The van der Waals surface area contributed by atoms with Gasteiger partial charge in [0, 0.05) is 48.8 Å².